The van der Waals surface area contributed by atoms with Crippen LogP contribution in [0, 0.1) is 0 Å². The Bertz CT molecular complexity index is 1060. The smallest absolute Gasteiger partial charge is 0.331 e. The van der Waals surface area contributed by atoms with Crippen LogP contribution in [0.1, 0.15) is 11.5 Å². The predicted octanol–water partition coefficient (Wildman–Crippen LogP) is 4.28. The molecule has 8 nitrogen and oxygen atoms in total. The Morgan fingerprint density at radius 3 is 2.60 bits per heavy atom. The van der Waals surface area contributed by atoms with Gasteiger partial charge in [-0.2, -0.15) is 4.98 Å². The Balaban J connectivity index is 1.65. The van der Waals surface area contributed by atoms with Crippen molar-refractivity contribution in [3.05, 3.63) is 58.4 Å². The Labute approximate surface area is 181 Å². The van der Waals surface area contributed by atoms with Crippen LogP contribution in [-0.4, -0.2) is 37.4 Å². The number of hydrogen-bond donors (Lipinski definition) is 0. The van der Waals surface area contributed by atoms with Crippen LogP contribution in [0.2, 0.25) is 0 Å². The molecule has 0 saturated heterocycles. The molecule has 1 aromatic heterocycles. The monoisotopic (exact) mass is 474 g/mol. The van der Waals surface area contributed by atoms with Gasteiger partial charge in [0, 0.05) is 22.2 Å². The molecular weight excluding hydrogens is 456 g/mol. The van der Waals surface area contributed by atoms with Crippen LogP contribution < -0.4 is 14.2 Å². The first-order valence-corrected chi connectivity index (χ1v) is 9.56. The van der Waals surface area contributed by atoms with E-state index in [2.05, 4.69) is 26.1 Å². The van der Waals surface area contributed by atoms with Crippen LogP contribution >= 0.6 is 15.9 Å². The number of halogens is 1. The average molecular weight is 475 g/mol. The van der Waals surface area contributed by atoms with Gasteiger partial charge in [0.25, 0.3) is 5.89 Å². The number of ether oxygens (including phenoxy) is 4. The van der Waals surface area contributed by atoms with E-state index in [1.54, 1.807) is 44.6 Å². The quantitative estimate of drug-likeness (QED) is 0.352. The molecule has 156 valence electrons. The van der Waals surface area contributed by atoms with Gasteiger partial charge >= 0.3 is 5.97 Å². The van der Waals surface area contributed by atoms with Gasteiger partial charge in [0.2, 0.25) is 5.82 Å². The van der Waals surface area contributed by atoms with Gasteiger partial charge in [0.15, 0.2) is 6.61 Å². The summed E-state index contributed by atoms with van der Waals surface area (Å²) in [6.07, 6.45) is 2.90. The van der Waals surface area contributed by atoms with Crippen molar-refractivity contribution >= 4 is 28.0 Å². The van der Waals surface area contributed by atoms with Gasteiger partial charge in [-0.1, -0.05) is 21.1 Å². The predicted molar refractivity (Wildman–Crippen MR) is 112 cm³/mol. The number of esters is 1. The zero-order chi connectivity index (χ0) is 21.5. The summed E-state index contributed by atoms with van der Waals surface area (Å²) in [5, 5.41) is 3.92. The molecule has 30 heavy (non-hydrogen) atoms. The topological polar surface area (TPSA) is 92.9 Å². The van der Waals surface area contributed by atoms with Crippen molar-refractivity contribution in [2.45, 2.75) is 6.61 Å². The molecule has 2 aromatic carbocycles. The van der Waals surface area contributed by atoms with E-state index in [1.807, 2.05) is 12.1 Å². The van der Waals surface area contributed by atoms with Crippen molar-refractivity contribution in [3.63, 3.8) is 0 Å². The molecule has 0 unspecified atom stereocenters. The van der Waals surface area contributed by atoms with Gasteiger partial charge in [0.1, 0.15) is 17.2 Å². The van der Waals surface area contributed by atoms with Gasteiger partial charge < -0.3 is 23.5 Å². The normalized spacial score (nSPS) is 10.8. The van der Waals surface area contributed by atoms with E-state index >= 15 is 0 Å². The summed E-state index contributed by atoms with van der Waals surface area (Å²) in [5.74, 6) is 1.72. The highest BCUT2D eigenvalue weighted by atomic mass is 79.9. The fraction of sp³-hybridized carbons (Fsp3) is 0.190. The Morgan fingerprint density at radius 1 is 1.07 bits per heavy atom. The van der Waals surface area contributed by atoms with E-state index in [0.717, 1.165) is 10.0 Å². The molecule has 0 saturated carbocycles. The maximum absolute atomic E-state index is 12.0. The molecule has 0 fully saturated rings. The summed E-state index contributed by atoms with van der Waals surface area (Å²) < 4.78 is 27.0. The number of benzene rings is 2. The molecule has 3 rings (SSSR count). The summed E-state index contributed by atoms with van der Waals surface area (Å²) in [5.41, 5.74) is 1.36. The lowest BCUT2D eigenvalue weighted by Gasteiger charge is -2.07. The van der Waals surface area contributed by atoms with E-state index < -0.39 is 5.97 Å². The fourth-order valence-corrected chi connectivity index (χ4v) is 2.96. The van der Waals surface area contributed by atoms with Crippen molar-refractivity contribution < 1.29 is 28.3 Å². The summed E-state index contributed by atoms with van der Waals surface area (Å²) in [6.45, 7) is -0.162. The van der Waals surface area contributed by atoms with Gasteiger partial charge in [-0.15, -0.1) is 0 Å². The minimum atomic E-state index is -0.557. The third-order valence-corrected chi connectivity index (χ3v) is 4.54. The lowest BCUT2D eigenvalue weighted by Crippen LogP contribution is -2.01. The molecule has 0 spiro atoms. The molecule has 0 aliphatic rings. The van der Waals surface area contributed by atoms with Gasteiger partial charge in [0.05, 0.1) is 26.9 Å². The van der Waals surface area contributed by atoms with Gasteiger partial charge in [-0.25, -0.2) is 4.79 Å². The largest absolute Gasteiger partial charge is 0.497 e. The first-order valence-electron chi connectivity index (χ1n) is 8.77. The van der Waals surface area contributed by atoms with Crippen molar-refractivity contribution in [1.29, 1.82) is 0 Å². The van der Waals surface area contributed by atoms with Crippen LogP contribution in [0.4, 0.5) is 0 Å². The maximum Gasteiger partial charge on any atom is 0.331 e. The van der Waals surface area contributed by atoms with E-state index in [9.17, 15) is 4.79 Å². The Hall–Kier alpha value is -3.33. The number of aromatic nitrogens is 2. The molecule has 0 N–H and O–H groups in total. The second kappa shape index (κ2) is 9.93. The SMILES string of the molecule is COc1ccc(-c2noc(COC(=O)/C=C/c3cc(Br)ccc3OC)n2)c(OC)c1. The molecule has 0 amide bonds. The molecule has 3 aromatic rings. The van der Waals surface area contributed by atoms with Crippen LogP contribution in [0.5, 0.6) is 17.2 Å². The number of nitrogens with zero attached hydrogens (tertiary/aromatic N) is 2. The Kier molecular flexibility index (Phi) is 7.08. The molecule has 0 atom stereocenters. The zero-order valence-electron chi connectivity index (χ0n) is 16.5. The molecule has 1 heterocycles. The van der Waals surface area contributed by atoms with Crippen LogP contribution in [0.3, 0.4) is 0 Å². The first kappa shape index (κ1) is 21.4. The standard InChI is InChI=1S/C21H19BrN2O6/c1-26-15-6-7-16(18(11-15)28-3)21-23-19(30-24-21)12-29-20(25)9-4-13-10-14(22)5-8-17(13)27-2/h4-11H,12H2,1-3H3/b9-4+. The summed E-state index contributed by atoms with van der Waals surface area (Å²) in [4.78, 5) is 16.3. The van der Waals surface area contributed by atoms with Gasteiger partial charge in [-0.05, 0) is 36.4 Å². The second-order valence-corrected chi connectivity index (χ2v) is 6.82. The fourth-order valence-electron chi connectivity index (χ4n) is 2.58. The van der Waals surface area contributed by atoms with Crippen LogP contribution in [0.15, 0.2) is 51.5 Å². The van der Waals surface area contributed by atoms with Crippen molar-refractivity contribution in [3.8, 4) is 28.6 Å². The minimum Gasteiger partial charge on any atom is -0.497 e. The number of carbonyl (C=O) groups is 1. The third-order valence-electron chi connectivity index (χ3n) is 4.05. The zero-order valence-corrected chi connectivity index (χ0v) is 18.1. The lowest BCUT2D eigenvalue weighted by atomic mass is 10.2. The highest BCUT2D eigenvalue weighted by Gasteiger charge is 2.15. The van der Waals surface area contributed by atoms with E-state index in [4.69, 9.17) is 23.5 Å². The van der Waals surface area contributed by atoms with E-state index in [1.165, 1.54) is 13.2 Å². The number of hydrogen-bond acceptors (Lipinski definition) is 8. The van der Waals surface area contributed by atoms with E-state index in [0.29, 0.717) is 28.6 Å². The minimum absolute atomic E-state index is 0.157. The number of methoxy groups -OCH3 is 3. The van der Waals surface area contributed by atoms with Crippen LogP contribution in [0.25, 0.3) is 17.5 Å². The van der Waals surface area contributed by atoms with Crippen molar-refractivity contribution in [2.75, 3.05) is 21.3 Å². The highest BCUT2D eigenvalue weighted by molar-refractivity contribution is 9.10. The average Bonchev–Trinajstić information content (AvgIpc) is 3.24. The lowest BCUT2D eigenvalue weighted by molar-refractivity contribution is -0.139. The summed E-state index contributed by atoms with van der Waals surface area (Å²) in [7, 11) is 4.66. The number of carbonyl (C=O) groups excluding carboxylic acids is 1. The highest BCUT2D eigenvalue weighted by Crippen LogP contribution is 2.31. The maximum atomic E-state index is 12.0. The molecular formula is C21H19BrN2O6. The van der Waals surface area contributed by atoms with Crippen molar-refractivity contribution in [2.24, 2.45) is 0 Å². The van der Waals surface area contributed by atoms with Crippen molar-refractivity contribution in [1.82, 2.24) is 10.1 Å². The van der Waals surface area contributed by atoms with Gasteiger partial charge in [-0.3, -0.25) is 0 Å². The summed E-state index contributed by atoms with van der Waals surface area (Å²) in [6, 6.07) is 10.7. The molecule has 9 heteroatoms. The van der Waals surface area contributed by atoms with E-state index in [-0.39, 0.29) is 12.5 Å². The number of rotatable bonds is 8. The Morgan fingerprint density at radius 2 is 1.87 bits per heavy atom. The summed E-state index contributed by atoms with van der Waals surface area (Å²) >= 11 is 3.38. The molecule has 0 aliphatic carbocycles. The molecule has 0 bridgehead atoms. The first-order chi connectivity index (χ1) is 14.5. The molecule has 0 radical (unpaired) electrons. The third kappa shape index (κ3) is 5.18. The molecule has 0 aliphatic heterocycles. The van der Waals surface area contributed by atoms with Crippen LogP contribution in [-0.2, 0) is 16.1 Å². The second-order valence-electron chi connectivity index (χ2n) is 5.91.